The molecule has 29 heavy (non-hydrogen) atoms. The smallest absolute Gasteiger partial charge is 0.287 e. The fourth-order valence-electron chi connectivity index (χ4n) is 2.70. The van der Waals surface area contributed by atoms with Crippen LogP contribution in [-0.4, -0.2) is 34.6 Å². The molecule has 3 aromatic rings. The molecule has 0 fully saturated rings. The highest BCUT2D eigenvalue weighted by Crippen LogP contribution is 2.18. The van der Waals surface area contributed by atoms with Gasteiger partial charge in [0.15, 0.2) is 0 Å². The minimum atomic E-state index is -0.414. The average molecular weight is 438 g/mol. The Morgan fingerprint density at radius 1 is 1.24 bits per heavy atom. The first kappa shape index (κ1) is 21.2. The van der Waals surface area contributed by atoms with Crippen LogP contribution in [0.4, 0.5) is 5.69 Å². The second kappa shape index (κ2) is 10.3. The van der Waals surface area contributed by atoms with Gasteiger partial charge in [0.05, 0.1) is 24.7 Å². The van der Waals surface area contributed by atoms with Crippen molar-refractivity contribution in [3.63, 3.8) is 0 Å². The van der Waals surface area contributed by atoms with Gasteiger partial charge in [-0.2, -0.15) is 5.10 Å². The summed E-state index contributed by atoms with van der Waals surface area (Å²) < 4.78 is 12.1. The van der Waals surface area contributed by atoms with Crippen LogP contribution in [0.15, 0.2) is 58.1 Å². The molecule has 7 nitrogen and oxygen atoms in total. The zero-order valence-corrected chi connectivity index (χ0v) is 17.1. The van der Waals surface area contributed by atoms with Crippen LogP contribution in [0.2, 0.25) is 10.0 Å². The SMILES string of the molecule is O=c1c(Cl)c(NC[C@@H](CO)Cc2ccco2)cnn1CCOc1ccc(Cl)cc1. The molecule has 1 aromatic carbocycles. The highest BCUT2D eigenvalue weighted by Gasteiger charge is 2.14. The molecule has 0 spiro atoms. The summed E-state index contributed by atoms with van der Waals surface area (Å²) in [5.74, 6) is 1.34. The number of nitrogens with one attached hydrogen (secondary N) is 1. The molecule has 0 aliphatic rings. The zero-order valence-electron chi connectivity index (χ0n) is 15.6. The predicted octanol–water partition coefficient (Wildman–Crippen LogP) is 3.49. The van der Waals surface area contributed by atoms with Crippen molar-refractivity contribution >= 4 is 28.9 Å². The maximum Gasteiger partial charge on any atom is 0.287 e. The standard InChI is InChI=1S/C20H21Cl2N3O4/c21-15-3-5-16(6-4-15)29-9-7-25-20(27)19(22)18(12-24-25)23-11-14(13-26)10-17-2-1-8-28-17/h1-6,8,12,14,23,26H,7,9-11,13H2/t14-/m0/s1. The fraction of sp³-hybridized carbons (Fsp3) is 0.300. The Morgan fingerprint density at radius 2 is 2.03 bits per heavy atom. The third kappa shape index (κ3) is 6.00. The molecule has 9 heteroatoms. The summed E-state index contributed by atoms with van der Waals surface area (Å²) in [4.78, 5) is 12.4. The van der Waals surface area contributed by atoms with Gasteiger partial charge in [-0.1, -0.05) is 23.2 Å². The van der Waals surface area contributed by atoms with E-state index in [4.69, 9.17) is 32.4 Å². The van der Waals surface area contributed by atoms with E-state index in [1.807, 2.05) is 6.07 Å². The zero-order chi connectivity index (χ0) is 20.6. The Kier molecular flexibility index (Phi) is 7.57. The Balaban J connectivity index is 1.55. The van der Waals surface area contributed by atoms with E-state index in [2.05, 4.69) is 10.4 Å². The molecule has 0 unspecified atom stereocenters. The minimum absolute atomic E-state index is 0.0299. The summed E-state index contributed by atoms with van der Waals surface area (Å²) in [5, 5.41) is 17.4. The van der Waals surface area contributed by atoms with E-state index >= 15 is 0 Å². The number of aliphatic hydroxyl groups excluding tert-OH is 1. The van der Waals surface area contributed by atoms with E-state index < -0.39 is 5.56 Å². The Labute approximate surface area is 177 Å². The summed E-state index contributed by atoms with van der Waals surface area (Å²) in [7, 11) is 0. The number of nitrogens with zero attached hydrogens (tertiary/aromatic N) is 2. The van der Waals surface area contributed by atoms with Gasteiger partial charge in [0, 0.05) is 30.5 Å². The molecular weight excluding hydrogens is 417 g/mol. The first-order valence-electron chi connectivity index (χ1n) is 9.08. The van der Waals surface area contributed by atoms with Crippen molar-refractivity contribution in [3.05, 3.63) is 75.0 Å². The van der Waals surface area contributed by atoms with Gasteiger partial charge in [-0.05, 0) is 36.4 Å². The van der Waals surface area contributed by atoms with E-state index in [0.29, 0.717) is 29.4 Å². The average Bonchev–Trinajstić information content (AvgIpc) is 3.24. The van der Waals surface area contributed by atoms with Crippen molar-refractivity contribution < 1.29 is 14.3 Å². The second-order valence-corrected chi connectivity index (χ2v) is 7.23. The van der Waals surface area contributed by atoms with Gasteiger partial charge in [0.2, 0.25) is 0 Å². The largest absolute Gasteiger partial charge is 0.492 e. The Hall–Kier alpha value is -2.48. The first-order valence-corrected chi connectivity index (χ1v) is 9.83. The first-order chi connectivity index (χ1) is 14.1. The van der Waals surface area contributed by atoms with Crippen LogP contribution in [-0.2, 0) is 13.0 Å². The lowest BCUT2D eigenvalue weighted by atomic mass is 10.1. The fourth-order valence-corrected chi connectivity index (χ4v) is 3.04. The normalized spacial score (nSPS) is 12.0. The third-order valence-electron chi connectivity index (χ3n) is 4.28. The quantitative estimate of drug-likeness (QED) is 0.504. The lowest BCUT2D eigenvalue weighted by molar-refractivity contribution is 0.226. The van der Waals surface area contributed by atoms with Crippen molar-refractivity contribution in [2.75, 3.05) is 25.1 Å². The molecule has 0 aliphatic heterocycles. The topological polar surface area (TPSA) is 89.5 Å². The number of halogens is 2. The van der Waals surface area contributed by atoms with Crippen LogP contribution in [0, 0.1) is 5.92 Å². The van der Waals surface area contributed by atoms with Gasteiger partial charge < -0.3 is 19.6 Å². The number of rotatable bonds is 10. The van der Waals surface area contributed by atoms with Gasteiger partial charge in [0.1, 0.15) is 23.1 Å². The van der Waals surface area contributed by atoms with Crippen LogP contribution < -0.4 is 15.6 Å². The molecule has 2 N–H and O–H groups in total. The van der Waals surface area contributed by atoms with E-state index in [1.54, 1.807) is 36.6 Å². The van der Waals surface area contributed by atoms with Gasteiger partial charge in [0.25, 0.3) is 5.56 Å². The van der Waals surface area contributed by atoms with Crippen LogP contribution in [0.3, 0.4) is 0 Å². The summed E-state index contributed by atoms with van der Waals surface area (Å²) in [6.07, 6.45) is 3.66. The lowest BCUT2D eigenvalue weighted by Gasteiger charge is -2.16. The number of aliphatic hydroxyl groups is 1. The molecule has 154 valence electrons. The second-order valence-electron chi connectivity index (χ2n) is 6.42. The summed E-state index contributed by atoms with van der Waals surface area (Å²) in [6, 6.07) is 10.6. The molecule has 2 heterocycles. The van der Waals surface area contributed by atoms with Crippen molar-refractivity contribution in [2.45, 2.75) is 13.0 Å². The van der Waals surface area contributed by atoms with E-state index in [9.17, 15) is 9.90 Å². The summed E-state index contributed by atoms with van der Waals surface area (Å²) in [5.41, 5.74) is 0.00684. The maximum absolute atomic E-state index is 12.4. The minimum Gasteiger partial charge on any atom is -0.492 e. The predicted molar refractivity (Wildman–Crippen MR) is 112 cm³/mol. The summed E-state index contributed by atoms with van der Waals surface area (Å²) in [6.45, 7) is 0.895. The van der Waals surface area contributed by atoms with Crippen molar-refractivity contribution in [3.8, 4) is 5.75 Å². The van der Waals surface area contributed by atoms with Gasteiger partial charge in [-0.25, -0.2) is 4.68 Å². The summed E-state index contributed by atoms with van der Waals surface area (Å²) >= 11 is 12.0. The van der Waals surface area contributed by atoms with Crippen molar-refractivity contribution in [1.29, 1.82) is 0 Å². The molecule has 0 amide bonds. The Morgan fingerprint density at radius 3 is 2.72 bits per heavy atom. The Bertz CT molecular complexity index is 959. The number of hydrogen-bond acceptors (Lipinski definition) is 6. The van der Waals surface area contributed by atoms with E-state index in [0.717, 1.165) is 5.76 Å². The molecule has 0 bridgehead atoms. The van der Waals surface area contributed by atoms with Crippen molar-refractivity contribution in [1.82, 2.24) is 9.78 Å². The lowest BCUT2D eigenvalue weighted by Crippen LogP contribution is -2.28. The maximum atomic E-state index is 12.4. The number of ether oxygens (including phenoxy) is 1. The molecule has 2 aromatic heterocycles. The van der Waals surface area contributed by atoms with Crippen LogP contribution in [0.25, 0.3) is 0 Å². The number of anilines is 1. The van der Waals surface area contributed by atoms with Crippen LogP contribution >= 0.6 is 23.2 Å². The van der Waals surface area contributed by atoms with E-state index in [-0.39, 0.29) is 30.7 Å². The molecule has 0 saturated carbocycles. The van der Waals surface area contributed by atoms with Crippen LogP contribution in [0.5, 0.6) is 5.75 Å². The van der Waals surface area contributed by atoms with Gasteiger partial charge >= 0.3 is 0 Å². The van der Waals surface area contributed by atoms with Gasteiger partial charge in [-0.3, -0.25) is 4.79 Å². The highest BCUT2D eigenvalue weighted by molar-refractivity contribution is 6.32. The number of benzene rings is 1. The third-order valence-corrected chi connectivity index (χ3v) is 4.90. The van der Waals surface area contributed by atoms with E-state index in [1.165, 1.54) is 10.9 Å². The monoisotopic (exact) mass is 437 g/mol. The molecule has 0 aliphatic carbocycles. The highest BCUT2D eigenvalue weighted by atomic mass is 35.5. The van der Waals surface area contributed by atoms with Gasteiger partial charge in [-0.15, -0.1) is 0 Å². The molecule has 0 radical (unpaired) electrons. The van der Waals surface area contributed by atoms with Crippen molar-refractivity contribution in [2.24, 2.45) is 5.92 Å². The molecule has 3 rings (SSSR count). The number of furan rings is 1. The number of hydrogen-bond donors (Lipinski definition) is 2. The van der Waals surface area contributed by atoms with Crippen LogP contribution in [0.1, 0.15) is 5.76 Å². The molecule has 0 saturated heterocycles. The molecular formula is C20H21Cl2N3O4. The number of aromatic nitrogens is 2. The molecule has 1 atom stereocenters.